The average molecular weight is 246 g/mol. The molecule has 1 atom stereocenters. The fraction of sp³-hybridized carbons (Fsp3) is 0.625. The highest BCUT2D eigenvalue weighted by Crippen LogP contribution is 2.31. The van der Waals surface area contributed by atoms with Crippen molar-refractivity contribution in [3.63, 3.8) is 0 Å². The van der Waals surface area contributed by atoms with Crippen LogP contribution in [-0.4, -0.2) is 25.0 Å². The molecule has 0 aromatic heterocycles. The Morgan fingerprint density at radius 3 is 2.61 bits per heavy atom. The van der Waals surface area contributed by atoms with Crippen LogP contribution in [0.4, 0.5) is 5.69 Å². The van der Waals surface area contributed by atoms with Crippen LogP contribution in [0.15, 0.2) is 24.3 Å². The van der Waals surface area contributed by atoms with E-state index >= 15 is 0 Å². The molecule has 1 aliphatic carbocycles. The summed E-state index contributed by atoms with van der Waals surface area (Å²) in [7, 11) is 4.24. The number of hydrogen-bond donors (Lipinski definition) is 1. The van der Waals surface area contributed by atoms with Crippen molar-refractivity contribution in [2.75, 3.05) is 19.4 Å². The van der Waals surface area contributed by atoms with Gasteiger partial charge in [-0.25, -0.2) is 0 Å². The summed E-state index contributed by atoms with van der Waals surface area (Å²) in [5.41, 5.74) is 2.70. The summed E-state index contributed by atoms with van der Waals surface area (Å²) in [6.07, 6.45) is 5.63. The maximum Gasteiger partial charge on any atom is 0.0387 e. The normalized spacial score (nSPS) is 17.6. The summed E-state index contributed by atoms with van der Waals surface area (Å²) >= 11 is 0. The lowest BCUT2D eigenvalue weighted by atomic mass is 9.81. The number of nitrogens with zero attached hydrogens (tertiary/aromatic N) is 1. The highest BCUT2D eigenvalue weighted by molar-refractivity contribution is 5.51. The summed E-state index contributed by atoms with van der Waals surface area (Å²) in [6, 6.07) is 9.26. The molecule has 2 heteroatoms. The van der Waals surface area contributed by atoms with E-state index in [0.29, 0.717) is 6.04 Å². The summed E-state index contributed by atoms with van der Waals surface area (Å²) < 4.78 is 0. The monoisotopic (exact) mass is 246 g/mol. The Labute approximate surface area is 111 Å². The van der Waals surface area contributed by atoms with Gasteiger partial charge in [-0.3, -0.25) is 0 Å². The number of hydrogen-bond acceptors (Lipinski definition) is 2. The number of benzene rings is 1. The Morgan fingerprint density at radius 2 is 2.00 bits per heavy atom. The van der Waals surface area contributed by atoms with E-state index in [0.717, 1.165) is 12.5 Å². The van der Waals surface area contributed by atoms with E-state index in [4.69, 9.17) is 0 Å². The Balaban J connectivity index is 1.94. The maximum atomic E-state index is 3.69. The van der Waals surface area contributed by atoms with Crippen LogP contribution in [0.2, 0.25) is 0 Å². The fourth-order valence-electron chi connectivity index (χ4n) is 2.69. The molecule has 0 spiro atoms. The smallest absolute Gasteiger partial charge is 0.0387 e. The van der Waals surface area contributed by atoms with Crippen LogP contribution < -0.4 is 5.32 Å². The van der Waals surface area contributed by atoms with E-state index in [9.17, 15) is 0 Å². The lowest BCUT2D eigenvalue weighted by Crippen LogP contribution is -2.24. The van der Waals surface area contributed by atoms with Crippen molar-refractivity contribution in [2.45, 2.75) is 45.2 Å². The predicted molar refractivity (Wildman–Crippen MR) is 78.9 cm³/mol. The number of anilines is 1. The number of rotatable bonds is 6. The Hall–Kier alpha value is -1.02. The number of para-hydroxylation sites is 1. The zero-order valence-corrected chi connectivity index (χ0v) is 11.9. The van der Waals surface area contributed by atoms with Gasteiger partial charge in [0.05, 0.1) is 0 Å². The van der Waals surface area contributed by atoms with Gasteiger partial charge in [-0.15, -0.1) is 0 Å². The van der Waals surface area contributed by atoms with Crippen molar-refractivity contribution in [3.8, 4) is 0 Å². The second-order valence-electron chi connectivity index (χ2n) is 5.97. The summed E-state index contributed by atoms with van der Waals surface area (Å²) in [4.78, 5) is 2.22. The fourth-order valence-corrected chi connectivity index (χ4v) is 2.69. The van der Waals surface area contributed by atoms with Gasteiger partial charge >= 0.3 is 0 Å². The van der Waals surface area contributed by atoms with Gasteiger partial charge in [-0.1, -0.05) is 37.5 Å². The van der Waals surface area contributed by atoms with Crippen LogP contribution in [0, 0.1) is 5.92 Å². The van der Waals surface area contributed by atoms with Crippen molar-refractivity contribution in [2.24, 2.45) is 5.92 Å². The Bertz CT molecular complexity index is 369. The van der Waals surface area contributed by atoms with Crippen molar-refractivity contribution in [3.05, 3.63) is 29.8 Å². The van der Waals surface area contributed by atoms with Crippen LogP contribution in [0.25, 0.3) is 0 Å². The van der Waals surface area contributed by atoms with Gasteiger partial charge in [0.1, 0.15) is 0 Å². The van der Waals surface area contributed by atoms with Crippen LogP contribution in [-0.2, 0) is 6.54 Å². The molecule has 1 aromatic rings. The Morgan fingerprint density at radius 1 is 1.28 bits per heavy atom. The minimum atomic E-state index is 0.582. The second kappa shape index (κ2) is 6.24. The van der Waals surface area contributed by atoms with Crippen LogP contribution >= 0.6 is 0 Å². The molecule has 1 saturated carbocycles. The quantitative estimate of drug-likeness (QED) is 0.822. The van der Waals surface area contributed by atoms with Gasteiger partial charge in [0.15, 0.2) is 0 Å². The first kappa shape index (κ1) is 13.4. The standard InChI is InChI=1S/C16H26N2/c1-13(11-14-7-6-8-14)17-16-10-5-4-9-15(16)12-18(2)3/h4-5,9-10,13-14,17H,6-8,11-12H2,1-3H3. The molecule has 0 amide bonds. The zero-order chi connectivity index (χ0) is 13.0. The van der Waals surface area contributed by atoms with Crippen molar-refractivity contribution >= 4 is 5.69 Å². The summed E-state index contributed by atoms with van der Waals surface area (Å²) in [5.74, 6) is 0.966. The third-order valence-electron chi connectivity index (χ3n) is 3.82. The van der Waals surface area contributed by atoms with Gasteiger partial charge in [0.2, 0.25) is 0 Å². The summed E-state index contributed by atoms with van der Waals surface area (Å²) in [5, 5.41) is 3.69. The van der Waals surface area contributed by atoms with Gasteiger partial charge in [0.25, 0.3) is 0 Å². The number of nitrogens with one attached hydrogen (secondary N) is 1. The first-order valence-corrected chi connectivity index (χ1v) is 7.14. The largest absolute Gasteiger partial charge is 0.382 e. The second-order valence-corrected chi connectivity index (χ2v) is 5.97. The molecule has 1 aliphatic rings. The molecule has 2 rings (SSSR count). The molecule has 0 bridgehead atoms. The van der Waals surface area contributed by atoms with E-state index in [1.807, 2.05) is 0 Å². The molecule has 1 unspecified atom stereocenters. The minimum absolute atomic E-state index is 0.582. The first-order chi connectivity index (χ1) is 8.65. The molecule has 0 heterocycles. The molecule has 0 radical (unpaired) electrons. The molecular weight excluding hydrogens is 220 g/mol. The van der Waals surface area contributed by atoms with Crippen LogP contribution in [0.1, 0.15) is 38.2 Å². The topological polar surface area (TPSA) is 15.3 Å². The molecule has 1 fully saturated rings. The van der Waals surface area contributed by atoms with Crippen molar-refractivity contribution < 1.29 is 0 Å². The highest BCUT2D eigenvalue weighted by Gasteiger charge is 2.20. The molecule has 0 aliphatic heterocycles. The molecule has 1 aromatic carbocycles. The van der Waals surface area contributed by atoms with Crippen LogP contribution in [0.3, 0.4) is 0 Å². The summed E-state index contributed by atoms with van der Waals surface area (Å²) in [6.45, 7) is 3.31. The molecule has 100 valence electrons. The van der Waals surface area contributed by atoms with Crippen molar-refractivity contribution in [1.82, 2.24) is 4.90 Å². The highest BCUT2D eigenvalue weighted by atomic mass is 15.1. The van der Waals surface area contributed by atoms with E-state index in [1.165, 1.54) is 36.9 Å². The van der Waals surface area contributed by atoms with Gasteiger partial charge in [-0.05, 0) is 45.0 Å². The molecule has 2 nitrogen and oxygen atoms in total. The average Bonchev–Trinajstić information content (AvgIpc) is 2.26. The molecule has 0 saturated heterocycles. The van der Waals surface area contributed by atoms with E-state index in [2.05, 4.69) is 55.5 Å². The SMILES string of the molecule is CC(CC1CCC1)Nc1ccccc1CN(C)C. The lowest BCUT2D eigenvalue weighted by Gasteiger charge is -2.29. The van der Waals surface area contributed by atoms with Gasteiger partial charge < -0.3 is 10.2 Å². The van der Waals surface area contributed by atoms with Gasteiger partial charge in [0, 0.05) is 18.3 Å². The van der Waals surface area contributed by atoms with Crippen LogP contribution in [0.5, 0.6) is 0 Å². The molecular formula is C16H26N2. The van der Waals surface area contributed by atoms with E-state index in [-0.39, 0.29) is 0 Å². The predicted octanol–water partition coefficient (Wildman–Crippen LogP) is 3.74. The third kappa shape index (κ3) is 3.74. The third-order valence-corrected chi connectivity index (χ3v) is 3.82. The molecule has 1 N–H and O–H groups in total. The minimum Gasteiger partial charge on any atom is -0.382 e. The van der Waals surface area contributed by atoms with Gasteiger partial charge in [-0.2, -0.15) is 0 Å². The lowest BCUT2D eigenvalue weighted by molar-refractivity contribution is 0.285. The maximum absolute atomic E-state index is 3.69. The zero-order valence-electron chi connectivity index (χ0n) is 11.9. The van der Waals surface area contributed by atoms with Crippen molar-refractivity contribution in [1.29, 1.82) is 0 Å². The first-order valence-electron chi connectivity index (χ1n) is 7.14. The van der Waals surface area contributed by atoms with E-state index < -0.39 is 0 Å². The molecule has 18 heavy (non-hydrogen) atoms. The Kier molecular flexibility index (Phi) is 4.65. The van der Waals surface area contributed by atoms with E-state index in [1.54, 1.807) is 0 Å².